The number of anilines is 1. The minimum Gasteiger partial charge on any atom is -0.445 e. The number of aryl methyl sites for hydroxylation is 1. The molecule has 0 radical (unpaired) electrons. The lowest BCUT2D eigenvalue weighted by Gasteiger charge is -2.26. The van der Waals surface area contributed by atoms with Gasteiger partial charge in [0.05, 0.1) is 13.2 Å². The van der Waals surface area contributed by atoms with Gasteiger partial charge in [0.1, 0.15) is 6.61 Å². The first-order chi connectivity index (χ1) is 13.2. The third-order valence-corrected chi connectivity index (χ3v) is 4.42. The number of para-hydroxylation sites is 1. The quantitative estimate of drug-likeness (QED) is 0.812. The molecule has 1 aliphatic heterocycles. The normalized spacial score (nSPS) is 16.0. The van der Waals surface area contributed by atoms with Crippen LogP contribution in [0.1, 0.15) is 17.5 Å². The summed E-state index contributed by atoms with van der Waals surface area (Å²) in [6, 6.07) is 16.6. The topological polar surface area (TPSA) is 79.9 Å². The largest absolute Gasteiger partial charge is 0.445 e. The lowest BCUT2D eigenvalue weighted by molar-refractivity contribution is 0.110. The molecule has 2 aromatic rings. The van der Waals surface area contributed by atoms with Crippen LogP contribution in [0.15, 0.2) is 54.6 Å². The predicted molar refractivity (Wildman–Crippen MR) is 101 cm³/mol. The molecule has 0 aromatic heterocycles. The number of alkyl carbamates (subject to hydrolysis) is 1. The predicted octanol–water partition coefficient (Wildman–Crippen LogP) is 3.01. The Morgan fingerprint density at radius 1 is 1.11 bits per heavy atom. The third kappa shape index (κ3) is 4.98. The highest BCUT2D eigenvalue weighted by molar-refractivity contribution is 5.92. The highest BCUT2D eigenvalue weighted by atomic mass is 16.6. The number of rotatable bonds is 4. The number of hydrogen-bond donors (Lipinski definition) is 2. The molecule has 7 nitrogen and oxygen atoms in total. The Labute approximate surface area is 158 Å². The maximum atomic E-state index is 12.4. The highest BCUT2D eigenvalue weighted by Gasteiger charge is 2.27. The lowest BCUT2D eigenvalue weighted by Crippen LogP contribution is -2.48. The molecule has 0 saturated heterocycles. The maximum Gasteiger partial charge on any atom is 0.407 e. The monoisotopic (exact) mass is 369 g/mol. The molecular formula is C20H23N3O4. The molecule has 0 spiro atoms. The van der Waals surface area contributed by atoms with Crippen molar-refractivity contribution in [2.75, 3.05) is 18.6 Å². The van der Waals surface area contributed by atoms with Gasteiger partial charge in [0.15, 0.2) is 0 Å². The number of ether oxygens (including phenoxy) is 1. The molecule has 1 unspecified atom stereocenters. The summed E-state index contributed by atoms with van der Waals surface area (Å²) in [4.78, 5) is 30.9. The molecule has 3 amide bonds. The van der Waals surface area contributed by atoms with E-state index >= 15 is 0 Å². The van der Waals surface area contributed by atoms with Crippen LogP contribution >= 0.6 is 0 Å². The Morgan fingerprint density at radius 3 is 2.63 bits per heavy atom. The van der Waals surface area contributed by atoms with Crippen molar-refractivity contribution in [2.45, 2.75) is 25.5 Å². The van der Waals surface area contributed by atoms with E-state index in [9.17, 15) is 9.59 Å². The Hall–Kier alpha value is -3.06. The fourth-order valence-electron chi connectivity index (χ4n) is 3.11. The molecule has 0 saturated carbocycles. The summed E-state index contributed by atoms with van der Waals surface area (Å²) in [6.45, 7) is 0.528. The van der Waals surface area contributed by atoms with Gasteiger partial charge >= 0.3 is 12.1 Å². The Balaban J connectivity index is 1.64. The zero-order chi connectivity index (χ0) is 19.1. The number of carbonyl (C=O) groups excluding carboxylic acids is 2. The van der Waals surface area contributed by atoms with Crippen LogP contribution in [0.3, 0.4) is 0 Å². The molecule has 1 aliphatic rings. The number of hydrogen-bond acceptors (Lipinski definition) is 4. The highest BCUT2D eigenvalue weighted by Crippen LogP contribution is 2.26. The van der Waals surface area contributed by atoms with Gasteiger partial charge in [-0.3, -0.25) is 9.74 Å². The summed E-state index contributed by atoms with van der Waals surface area (Å²) in [5.41, 5.74) is 5.13. The van der Waals surface area contributed by atoms with Gasteiger partial charge in [-0.25, -0.2) is 15.1 Å². The van der Waals surface area contributed by atoms with Gasteiger partial charge in [-0.2, -0.15) is 0 Å². The van der Waals surface area contributed by atoms with Crippen LogP contribution < -0.4 is 15.7 Å². The van der Waals surface area contributed by atoms with Crippen molar-refractivity contribution in [3.63, 3.8) is 0 Å². The van der Waals surface area contributed by atoms with Gasteiger partial charge in [0.2, 0.25) is 0 Å². The molecule has 2 aromatic carbocycles. The van der Waals surface area contributed by atoms with Crippen LogP contribution in [0, 0.1) is 0 Å². The van der Waals surface area contributed by atoms with Crippen molar-refractivity contribution in [1.82, 2.24) is 10.8 Å². The summed E-state index contributed by atoms with van der Waals surface area (Å²) in [6.07, 6.45) is 0.951. The second-order valence-electron chi connectivity index (χ2n) is 6.29. The zero-order valence-electron chi connectivity index (χ0n) is 15.2. The van der Waals surface area contributed by atoms with E-state index in [0.29, 0.717) is 13.0 Å². The van der Waals surface area contributed by atoms with Crippen LogP contribution in [0.2, 0.25) is 0 Å². The van der Waals surface area contributed by atoms with E-state index in [1.807, 2.05) is 54.6 Å². The molecule has 142 valence electrons. The van der Waals surface area contributed by atoms with Crippen LogP contribution in [0.25, 0.3) is 0 Å². The average molecular weight is 369 g/mol. The van der Waals surface area contributed by atoms with Gasteiger partial charge in [0, 0.05) is 12.2 Å². The van der Waals surface area contributed by atoms with E-state index in [1.165, 1.54) is 7.11 Å². The first kappa shape index (κ1) is 18.7. The van der Waals surface area contributed by atoms with Crippen LogP contribution in [-0.2, 0) is 22.6 Å². The van der Waals surface area contributed by atoms with Crippen LogP contribution in [-0.4, -0.2) is 31.8 Å². The van der Waals surface area contributed by atoms with Gasteiger partial charge in [-0.15, -0.1) is 0 Å². The lowest BCUT2D eigenvalue weighted by atomic mass is 10.1. The van der Waals surface area contributed by atoms with E-state index in [-0.39, 0.29) is 18.7 Å². The average Bonchev–Trinajstić information content (AvgIpc) is 2.87. The van der Waals surface area contributed by atoms with Crippen molar-refractivity contribution in [3.05, 3.63) is 65.7 Å². The molecule has 1 atom stereocenters. The second kappa shape index (κ2) is 9.05. The first-order valence-electron chi connectivity index (χ1n) is 8.83. The number of nitrogens with one attached hydrogen (secondary N) is 2. The fraction of sp³-hybridized carbons (Fsp3) is 0.300. The molecule has 0 aliphatic carbocycles. The van der Waals surface area contributed by atoms with Crippen molar-refractivity contribution in [3.8, 4) is 0 Å². The van der Waals surface area contributed by atoms with Gasteiger partial charge in [-0.05, 0) is 30.0 Å². The van der Waals surface area contributed by atoms with Crippen LogP contribution in [0.5, 0.6) is 0 Å². The summed E-state index contributed by atoms with van der Waals surface area (Å²) in [7, 11) is 1.39. The molecule has 2 N–H and O–H groups in total. The SMILES string of the molecule is CONC(=O)N1CC(NC(=O)OCc2ccccc2)CCc2ccccc21. The molecule has 7 heteroatoms. The fourth-order valence-corrected chi connectivity index (χ4v) is 3.11. The summed E-state index contributed by atoms with van der Waals surface area (Å²) in [5.74, 6) is 0. The Bertz CT molecular complexity index is 782. The molecule has 0 fully saturated rings. The number of carbonyl (C=O) groups is 2. The molecular weight excluding hydrogens is 346 g/mol. The van der Waals surface area contributed by atoms with E-state index in [1.54, 1.807) is 4.90 Å². The van der Waals surface area contributed by atoms with Gasteiger partial charge in [0.25, 0.3) is 0 Å². The summed E-state index contributed by atoms with van der Waals surface area (Å²) < 4.78 is 5.30. The number of benzene rings is 2. The number of urea groups is 1. The van der Waals surface area contributed by atoms with E-state index in [0.717, 1.165) is 23.2 Å². The molecule has 3 rings (SSSR count). The summed E-state index contributed by atoms with van der Waals surface area (Å²) in [5, 5.41) is 2.87. The second-order valence-corrected chi connectivity index (χ2v) is 6.29. The van der Waals surface area contributed by atoms with Gasteiger partial charge < -0.3 is 10.1 Å². The minimum atomic E-state index is -0.498. The standard InChI is InChI=1S/C20H23N3O4/c1-26-22-19(24)23-13-17(12-11-16-9-5-6-10-18(16)23)21-20(25)27-14-15-7-3-2-4-8-15/h2-10,17H,11-14H2,1H3,(H,21,25)(H,22,24). The molecule has 1 heterocycles. The zero-order valence-corrected chi connectivity index (χ0v) is 15.2. The Morgan fingerprint density at radius 2 is 1.85 bits per heavy atom. The Kier molecular flexibility index (Phi) is 6.27. The van der Waals surface area contributed by atoms with Crippen molar-refractivity contribution in [1.29, 1.82) is 0 Å². The third-order valence-electron chi connectivity index (χ3n) is 4.42. The van der Waals surface area contributed by atoms with E-state index in [4.69, 9.17) is 9.57 Å². The number of nitrogens with zero attached hydrogens (tertiary/aromatic N) is 1. The van der Waals surface area contributed by atoms with E-state index in [2.05, 4.69) is 10.8 Å². The number of fused-ring (bicyclic) bond motifs is 1. The number of amides is 3. The van der Waals surface area contributed by atoms with Gasteiger partial charge in [-0.1, -0.05) is 48.5 Å². The van der Waals surface area contributed by atoms with Crippen LogP contribution in [0.4, 0.5) is 15.3 Å². The number of hydroxylamine groups is 1. The summed E-state index contributed by atoms with van der Waals surface area (Å²) >= 11 is 0. The van der Waals surface area contributed by atoms with Crippen molar-refractivity contribution >= 4 is 17.8 Å². The smallest absolute Gasteiger partial charge is 0.407 e. The van der Waals surface area contributed by atoms with E-state index < -0.39 is 6.09 Å². The minimum absolute atomic E-state index is 0.202. The molecule has 0 bridgehead atoms. The maximum absolute atomic E-state index is 12.4. The molecule has 27 heavy (non-hydrogen) atoms. The first-order valence-corrected chi connectivity index (χ1v) is 8.83. The van der Waals surface area contributed by atoms with Crippen molar-refractivity contribution < 1.29 is 19.2 Å². The van der Waals surface area contributed by atoms with Crippen molar-refractivity contribution in [2.24, 2.45) is 0 Å².